The number of hydrogen-bond acceptors (Lipinski definition) is 3. The zero-order chi connectivity index (χ0) is 10.3. The molecule has 0 atom stereocenters. The molecule has 0 aromatic heterocycles. The van der Waals surface area contributed by atoms with Crippen molar-refractivity contribution in [2.24, 2.45) is 0 Å². The van der Waals surface area contributed by atoms with Gasteiger partial charge in [-0.05, 0) is 6.92 Å². The average Bonchev–Trinajstić information content (AvgIpc) is 2.05. The number of carbonyl (C=O) groups excluding carboxylic acids is 1. The van der Waals surface area contributed by atoms with Gasteiger partial charge in [0, 0.05) is 13.7 Å². The minimum Gasteiger partial charge on any atom is -0.447 e. The molecule has 0 unspecified atom stereocenters. The number of hydrogen-bond donors (Lipinski definition) is 0. The van der Waals surface area contributed by atoms with E-state index in [1.165, 1.54) is 4.90 Å². The van der Waals surface area contributed by atoms with Crippen LogP contribution in [0.4, 0.5) is 4.79 Å². The quantitative estimate of drug-likeness (QED) is 0.443. The van der Waals surface area contributed by atoms with Crippen LogP contribution in [0, 0.1) is 0 Å². The highest BCUT2D eigenvalue weighted by Gasteiger charge is 2.17. The first-order chi connectivity index (χ1) is 6.13. The van der Waals surface area contributed by atoms with E-state index in [2.05, 4.69) is 31.9 Å². The third-order valence-electron chi connectivity index (χ3n) is 1.32. The Hall–Kier alpha value is 0.190. The minimum atomic E-state index is -0.363. The molecule has 0 aromatic carbocycles. The highest BCUT2D eigenvalue weighted by atomic mass is 79.9. The van der Waals surface area contributed by atoms with Crippen LogP contribution in [-0.4, -0.2) is 41.7 Å². The van der Waals surface area contributed by atoms with Gasteiger partial charge in [-0.1, -0.05) is 31.9 Å². The highest BCUT2D eigenvalue weighted by Crippen LogP contribution is 2.14. The van der Waals surface area contributed by atoms with E-state index in [0.717, 1.165) is 0 Å². The first-order valence-corrected chi connectivity index (χ1v) is 5.67. The van der Waals surface area contributed by atoms with Crippen LogP contribution in [0.25, 0.3) is 0 Å². The molecule has 0 radical (unpaired) electrons. The number of ether oxygens (including phenoxy) is 2. The number of methoxy groups -OCH3 is 1. The smallest absolute Gasteiger partial charge is 0.411 e. The topological polar surface area (TPSA) is 38.8 Å². The lowest BCUT2D eigenvalue weighted by Gasteiger charge is -2.21. The summed E-state index contributed by atoms with van der Waals surface area (Å²) >= 11 is 6.44. The third kappa shape index (κ3) is 5.49. The summed E-state index contributed by atoms with van der Waals surface area (Å²) < 4.78 is 9.45. The molecule has 0 aliphatic rings. The monoisotopic (exact) mass is 317 g/mol. The fourth-order valence-corrected chi connectivity index (χ4v) is 1.56. The molecule has 0 aliphatic heterocycles. The normalized spacial score (nSPS) is 10.2. The Morgan fingerprint density at radius 3 is 2.46 bits per heavy atom. The molecule has 0 aliphatic carbocycles. The number of alkyl halides is 2. The average molecular weight is 319 g/mol. The molecule has 13 heavy (non-hydrogen) atoms. The summed E-state index contributed by atoms with van der Waals surface area (Å²) in [6, 6.07) is 0. The maximum Gasteiger partial charge on any atom is 0.411 e. The lowest BCUT2D eigenvalue weighted by atomic mass is 10.6. The van der Waals surface area contributed by atoms with Crippen LogP contribution in [0.2, 0.25) is 0 Å². The summed E-state index contributed by atoms with van der Waals surface area (Å²) in [5.41, 5.74) is 0. The van der Waals surface area contributed by atoms with Gasteiger partial charge in [0.1, 0.15) is 10.5 Å². The second kappa shape index (κ2) is 7.58. The predicted molar refractivity (Wildman–Crippen MR) is 57.2 cm³/mol. The molecule has 0 heterocycles. The van der Waals surface area contributed by atoms with Crippen LogP contribution < -0.4 is 0 Å². The number of nitrogens with zero attached hydrogens (tertiary/aromatic N) is 1. The van der Waals surface area contributed by atoms with E-state index in [9.17, 15) is 4.79 Å². The van der Waals surface area contributed by atoms with Crippen molar-refractivity contribution in [1.82, 2.24) is 4.90 Å². The molecular weight excluding hydrogens is 306 g/mol. The first-order valence-electron chi connectivity index (χ1n) is 3.84. The van der Waals surface area contributed by atoms with E-state index < -0.39 is 0 Å². The van der Waals surface area contributed by atoms with E-state index in [0.29, 0.717) is 13.2 Å². The van der Waals surface area contributed by atoms with Crippen molar-refractivity contribution in [3.05, 3.63) is 0 Å². The standard InChI is InChI=1S/C7H13Br2NO3/c1-3-10(6(8)9)7(11)13-5-4-12-2/h6H,3-5H2,1-2H3. The second-order valence-corrected chi connectivity index (χ2v) is 5.13. The van der Waals surface area contributed by atoms with Gasteiger partial charge in [0.2, 0.25) is 0 Å². The molecule has 0 spiro atoms. The molecule has 0 fully saturated rings. The number of halogens is 2. The van der Waals surface area contributed by atoms with Crippen LogP contribution >= 0.6 is 31.9 Å². The Labute approximate surface area is 94.8 Å². The van der Waals surface area contributed by atoms with Crippen molar-refractivity contribution in [3.8, 4) is 0 Å². The Morgan fingerprint density at radius 1 is 1.46 bits per heavy atom. The molecular formula is C7H13Br2NO3. The van der Waals surface area contributed by atoms with Gasteiger partial charge in [-0.2, -0.15) is 0 Å². The van der Waals surface area contributed by atoms with E-state index in [-0.39, 0.29) is 16.6 Å². The molecule has 0 saturated heterocycles. The number of amides is 1. The van der Waals surface area contributed by atoms with Crippen LogP contribution in [0.5, 0.6) is 0 Å². The van der Waals surface area contributed by atoms with Gasteiger partial charge in [0.15, 0.2) is 0 Å². The Balaban J connectivity index is 3.78. The van der Waals surface area contributed by atoms with Crippen LogP contribution in [-0.2, 0) is 9.47 Å². The zero-order valence-corrected chi connectivity index (χ0v) is 10.8. The summed E-state index contributed by atoms with van der Waals surface area (Å²) in [4.78, 5) is 12.8. The van der Waals surface area contributed by atoms with Crippen molar-refractivity contribution in [3.63, 3.8) is 0 Å². The van der Waals surface area contributed by atoms with Crippen molar-refractivity contribution >= 4 is 38.0 Å². The SMILES string of the molecule is CCN(C(=O)OCCOC)C(Br)Br. The molecule has 0 rings (SSSR count). The summed E-state index contributed by atoms with van der Waals surface area (Å²) in [5, 5.41) is 0. The zero-order valence-electron chi connectivity index (χ0n) is 7.63. The summed E-state index contributed by atoms with van der Waals surface area (Å²) in [5.74, 6) is 0. The largest absolute Gasteiger partial charge is 0.447 e. The molecule has 4 nitrogen and oxygen atoms in total. The van der Waals surface area contributed by atoms with Crippen molar-refractivity contribution in [1.29, 1.82) is 0 Å². The second-order valence-electron chi connectivity index (χ2n) is 2.17. The van der Waals surface area contributed by atoms with Crippen LogP contribution in [0.3, 0.4) is 0 Å². The molecule has 0 N–H and O–H groups in total. The fraction of sp³-hybridized carbons (Fsp3) is 0.857. The van der Waals surface area contributed by atoms with Gasteiger partial charge in [-0.15, -0.1) is 0 Å². The van der Waals surface area contributed by atoms with Gasteiger partial charge < -0.3 is 9.47 Å². The van der Waals surface area contributed by atoms with E-state index in [1.54, 1.807) is 7.11 Å². The van der Waals surface area contributed by atoms with E-state index >= 15 is 0 Å². The van der Waals surface area contributed by atoms with Gasteiger partial charge >= 0.3 is 6.09 Å². The van der Waals surface area contributed by atoms with Crippen LogP contribution in [0.15, 0.2) is 0 Å². The highest BCUT2D eigenvalue weighted by molar-refractivity contribution is 9.24. The maximum atomic E-state index is 11.3. The number of carbonyl (C=O) groups is 1. The lowest BCUT2D eigenvalue weighted by molar-refractivity contribution is 0.0760. The van der Waals surface area contributed by atoms with E-state index in [4.69, 9.17) is 9.47 Å². The van der Waals surface area contributed by atoms with E-state index in [1.807, 2.05) is 6.92 Å². The van der Waals surface area contributed by atoms with Crippen LogP contribution in [0.1, 0.15) is 6.92 Å². The Bertz CT molecular complexity index is 155. The Morgan fingerprint density at radius 2 is 2.08 bits per heavy atom. The van der Waals surface area contributed by atoms with Crippen molar-refractivity contribution in [2.45, 2.75) is 10.8 Å². The maximum absolute atomic E-state index is 11.3. The molecule has 1 amide bonds. The molecule has 0 aromatic rings. The molecule has 78 valence electrons. The van der Waals surface area contributed by atoms with Gasteiger partial charge in [-0.25, -0.2) is 4.79 Å². The van der Waals surface area contributed by atoms with Crippen molar-refractivity contribution < 1.29 is 14.3 Å². The first kappa shape index (κ1) is 13.2. The summed E-state index contributed by atoms with van der Waals surface area (Å²) in [7, 11) is 1.56. The summed E-state index contributed by atoms with van der Waals surface area (Å²) in [6.07, 6.45) is -0.363. The van der Waals surface area contributed by atoms with Gasteiger partial charge in [0.05, 0.1) is 6.61 Å². The van der Waals surface area contributed by atoms with Gasteiger partial charge in [-0.3, -0.25) is 4.90 Å². The van der Waals surface area contributed by atoms with Crippen molar-refractivity contribution in [2.75, 3.05) is 26.9 Å². The predicted octanol–water partition coefficient (Wildman–Crippen LogP) is 2.16. The van der Waals surface area contributed by atoms with Gasteiger partial charge in [0.25, 0.3) is 0 Å². The Kier molecular flexibility index (Phi) is 7.69. The molecule has 6 heteroatoms. The molecule has 0 saturated carbocycles. The third-order valence-corrected chi connectivity index (χ3v) is 2.31. The minimum absolute atomic E-state index is 0.194. The lowest BCUT2D eigenvalue weighted by Crippen LogP contribution is -2.34. The number of rotatable bonds is 5. The fourth-order valence-electron chi connectivity index (χ4n) is 0.642. The summed E-state index contributed by atoms with van der Waals surface area (Å²) in [6.45, 7) is 3.14. The molecule has 0 bridgehead atoms.